The van der Waals surface area contributed by atoms with Gasteiger partial charge >= 0.3 is 5.91 Å². The molecule has 0 radical (unpaired) electrons. The van der Waals surface area contributed by atoms with Gasteiger partial charge in [0, 0.05) is 20.8 Å². The Morgan fingerprint density at radius 2 is 1.70 bits per heavy atom. The number of thioether (sulfide) groups is 1. The molecule has 0 aliphatic carbocycles. The number of aliphatic hydroxyl groups excluding tert-OH is 1. The first-order valence-corrected chi connectivity index (χ1v) is 15.4. The number of benzene rings is 3. The molecule has 0 bridgehead atoms. The van der Waals surface area contributed by atoms with E-state index in [0.29, 0.717) is 26.2 Å². The third-order valence-electron chi connectivity index (χ3n) is 6.57. The van der Waals surface area contributed by atoms with Crippen LogP contribution in [0.2, 0.25) is 5.02 Å². The number of hydrogen-bond donors (Lipinski definition) is 1. The molecule has 1 saturated heterocycles. The quantitative estimate of drug-likeness (QED) is 0.0743. The zero-order valence-corrected chi connectivity index (χ0v) is 25.9. The Bertz CT molecular complexity index is 1610. The third kappa shape index (κ3) is 5.74. The van der Waals surface area contributed by atoms with E-state index >= 15 is 0 Å². The van der Waals surface area contributed by atoms with Gasteiger partial charge in [-0.15, -0.1) is 10.2 Å². The summed E-state index contributed by atoms with van der Waals surface area (Å²) < 4.78 is 1.46. The number of anilines is 1. The van der Waals surface area contributed by atoms with E-state index in [1.807, 2.05) is 48.5 Å². The van der Waals surface area contributed by atoms with Crippen LogP contribution in [-0.4, -0.2) is 27.0 Å². The number of carbonyl (C=O) groups is 2. The van der Waals surface area contributed by atoms with Crippen LogP contribution < -0.4 is 4.90 Å². The number of Topliss-reactive ketones (excluding diaryl/α,β-unsaturated/α-hetero) is 1. The molecule has 5 rings (SSSR count). The summed E-state index contributed by atoms with van der Waals surface area (Å²) in [6, 6.07) is 21.4. The molecule has 1 N–H and O–H groups in total. The maximum atomic E-state index is 13.5. The molecule has 1 unspecified atom stereocenters. The van der Waals surface area contributed by atoms with Gasteiger partial charge in [0.2, 0.25) is 5.13 Å². The Hall–Kier alpha value is -2.98. The lowest BCUT2D eigenvalue weighted by molar-refractivity contribution is -0.132. The lowest BCUT2D eigenvalue weighted by atomic mass is 9.85. The molecule has 40 heavy (non-hydrogen) atoms. The first-order valence-electron chi connectivity index (χ1n) is 12.4. The topological polar surface area (TPSA) is 83.4 Å². The van der Waals surface area contributed by atoms with Crippen molar-refractivity contribution >= 4 is 73.2 Å². The van der Waals surface area contributed by atoms with E-state index < -0.39 is 17.7 Å². The lowest BCUT2D eigenvalue weighted by Gasteiger charge is -2.24. The molecule has 3 aromatic carbocycles. The fourth-order valence-electron chi connectivity index (χ4n) is 4.39. The van der Waals surface area contributed by atoms with E-state index in [1.165, 1.54) is 28.0 Å². The zero-order chi connectivity index (χ0) is 28.6. The van der Waals surface area contributed by atoms with E-state index in [1.54, 1.807) is 24.3 Å². The summed E-state index contributed by atoms with van der Waals surface area (Å²) >= 11 is 12.4. The number of amides is 1. The summed E-state index contributed by atoms with van der Waals surface area (Å²) in [5.74, 6) is -1.20. The molecule has 10 heteroatoms. The minimum absolute atomic E-state index is 0.0105. The van der Waals surface area contributed by atoms with Crippen molar-refractivity contribution in [3.8, 4) is 0 Å². The number of rotatable bonds is 6. The van der Waals surface area contributed by atoms with E-state index in [4.69, 9.17) is 11.6 Å². The Labute approximate surface area is 254 Å². The van der Waals surface area contributed by atoms with Gasteiger partial charge in [0.1, 0.15) is 5.76 Å². The SMILES string of the molecule is CC(C)(C)c1ccc(C2/C(=C(/O)c3ccc(Br)cc3)C(=O)C(=O)N2c2nnc(SCc3ccccc3Cl)s2)cc1. The highest BCUT2D eigenvalue weighted by atomic mass is 79.9. The minimum Gasteiger partial charge on any atom is -0.507 e. The van der Waals surface area contributed by atoms with Gasteiger partial charge in [0.05, 0.1) is 11.6 Å². The summed E-state index contributed by atoms with van der Waals surface area (Å²) in [5, 5.41) is 20.8. The van der Waals surface area contributed by atoms with Gasteiger partial charge in [-0.25, -0.2) is 0 Å². The molecule has 4 aromatic rings. The average Bonchev–Trinajstić information content (AvgIpc) is 3.50. The maximum Gasteiger partial charge on any atom is 0.301 e. The predicted octanol–water partition coefficient (Wildman–Crippen LogP) is 8.17. The van der Waals surface area contributed by atoms with Gasteiger partial charge in [-0.2, -0.15) is 0 Å². The first kappa shape index (κ1) is 28.5. The van der Waals surface area contributed by atoms with Crippen LogP contribution in [0.4, 0.5) is 5.13 Å². The van der Waals surface area contributed by atoms with Gasteiger partial charge in [0.15, 0.2) is 4.34 Å². The van der Waals surface area contributed by atoms with Crippen molar-refractivity contribution in [1.29, 1.82) is 0 Å². The van der Waals surface area contributed by atoms with E-state index in [0.717, 1.165) is 15.6 Å². The number of nitrogens with zero attached hydrogens (tertiary/aromatic N) is 3. The molecule has 2 heterocycles. The van der Waals surface area contributed by atoms with Crippen LogP contribution in [0.1, 0.15) is 49.1 Å². The second-order valence-electron chi connectivity index (χ2n) is 10.3. The molecule has 1 aliphatic rings. The Morgan fingerprint density at radius 1 is 1.02 bits per heavy atom. The van der Waals surface area contributed by atoms with Gasteiger partial charge in [-0.3, -0.25) is 14.5 Å². The number of aliphatic hydroxyl groups is 1. The van der Waals surface area contributed by atoms with Crippen molar-refractivity contribution in [1.82, 2.24) is 10.2 Å². The highest BCUT2D eigenvalue weighted by Crippen LogP contribution is 2.44. The number of aromatic nitrogens is 2. The average molecular weight is 655 g/mol. The van der Waals surface area contributed by atoms with Crippen molar-refractivity contribution in [2.24, 2.45) is 0 Å². The summed E-state index contributed by atoms with van der Waals surface area (Å²) in [6.07, 6.45) is 0. The zero-order valence-electron chi connectivity index (χ0n) is 21.9. The van der Waals surface area contributed by atoms with E-state index in [2.05, 4.69) is 46.9 Å². The van der Waals surface area contributed by atoms with Crippen molar-refractivity contribution in [2.75, 3.05) is 4.90 Å². The Morgan fingerprint density at radius 3 is 2.35 bits per heavy atom. The molecule has 1 aromatic heterocycles. The lowest BCUT2D eigenvalue weighted by Crippen LogP contribution is -2.29. The van der Waals surface area contributed by atoms with E-state index in [9.17, 15) is 14.7 Å². The number of carbonyl (C=O) groups excluding carboxylic acids is 2. The maximum absolute atomic E-state index is 13.5. The largest absolute Gasteiger partial charge is 0.507 e. The summed E-state index contributed by atoms with van der Waals surface area (Å²) in [5.41, 5.74) is 3.12. The van der Waals surface area contributed by atoms with Crippen molar-refractivity contribution in [3.63, 3.8) is 0 Å². The van der Waals surface area contributed by atoms with Gasteiger partial charge in [0.25, 0.3) is 5.78 Å². The van der Waals surface area contributed by atoms with Crippen LogP contribution in [0.3, 0.4) is 0 Å². The normalized spacial score (nSPS) is 17.0. The monoisotopic (exact) mass is 653 g/mol. The predicted molar refractivity (Wildman–Crippen MR) is 165 cm³/mol. The Kier molecular flexibility index (Phi) is 8.20. The molecule has 6 nitrogen and oxygen atoms in total. The van der Waals surface area contributed by atoms with Crippen molar-refractivity contribution < 1.29 is 14.7 Å². The molecule has 1 fully saturated rings. The highest BCUT2D eigenvalue weighted by Gasteiger charge is 2.48. The number of ketones is 1. The molecule has 0 saturated carbocycles. The van der Waals surface area contributed by atoms with Crippen LogP contribution in [-0.2, 0) is 20.8 Å². The molecule has 0 spiro atoms. The molecule has 1 aliphatic heterocycles. The fraction of sp³-hybridized carbons (Fsp3) is 0.200. The van der Waals surface area contributed by atoms with Crippen LogP contribution >= 0.6 is 50.6 Å². The standard InChI is InChI=1S/C30H25BrClN3O3S2/c1-30(2,3)20-12-8-17(9-13-20)24-23(25(36)18-10-14-21(31)15-11-18)26(37)27(38)35(24)28-33-34-29(40-28)39-16-19-6-4-5-7-22(19)32/h4-15,24,36H,16H2,1-3H3/b25-23-. The summed E-state index contributed by atoms with van der Waals surface area (Å²) in [6.45, 7) is 6.35. The molecular weight excluding hydrogens is 630 g/mol. The first-order chi connectivity index (χ1) is 19.0. The molecule has 1 amide bonds. The second-order valence-corrected chi connectivity index (χ2v) is 13.8. The van der Waals surface area contributed by atoms with E-state index in [-0.39, 0.29) is 21.9 Å². The van der Waals surface area contributed by atoms with Crippen molar-refractivity contribution in [3.05, 3.63) is 110 Å². The number of hydrogen-bond acceptors (Lipinski definition) is 7. The Balaban J connectivity index is 1.56. The van der Waals surface area contributed by atoms with Gasteiger partial charge in [-0.1, -0.05) is 126 Å². The molecular formula is C30H25BrClN3O3S2. The van der Waals surface area contributed by atoms with Gasteiger partial charge in [-0.05, 0) is 40.3 Å². The third-order valence-corrected chi connectivity index (χ3v) is 9.57. The second kappa shape index (κ2) is 11.5. The summed E-state index contributed by atoms with van der Waals surface area (Å²) in [7, 11) is 0. The van der Waals surface area contributed by atoms with Crippen LogP contribution in [0, 0.1) is 0 Å². The van der Waals surface area contributed by atoms with Crippen molar-refractivity contribution in [2.45, 2.75) is 42.3 Å². The van der Waals surface area contributed by atoms with Crippen LogP contribution in [0.5, 0.6) is 0 Å². The van der Waals surface area contributed by atoms with Crippen LogP contribution in [0.15, 0.2) is 87.2 Å². The summed E-state index contributed by atoms with van der Waals surface area (Å²) in [4.78, 5) is 28.3. The minimum atomic E-state index is -0.868. The van der Waals surface area contributed by atoms with Crippen LogP contribution in [0.25, 0.3) is 5.76 Å². The fourth-order valence-corrected chi connectivity index (χ4v) is 6.80. The molecule has 1 atom stereocenters. The molecule has 204 valence electrons. The van der Waals surface area contributed by atoms with Gasteiger partial charge < -0.3 is 5.11 Å². The number of halogens is 2. The smallest absolute Gasteiger partial charge is 0.301 e. The highest BCUT2D eigenvalue weighted by molar-refractivity contribution is 9.10.